The van der Waals surface area contributed by atoms with Crippen LogP contribution in [0, 0.1) is 0 Å². The van der Waals surface area contributed by atoms with E-state index in [4.69, 9.17) is 4.74 Å². The Kier molecular flexibility index (Phi) is 2.82. The number of rotatable bonds is 3. The zero-order valence-corrected chi connectivity index (χ0v) is 11.7. The standard InChI is InChI=1S/C15H12N6O/c1-22-11-5-2-9(3-6-11)14-16-12-7-4-10(8-13(12)17-14)15-18-20-21-19-15/h2-8H,1H3,(H,16,17)(H,18,19,20,21). The molecule has 2 N–H and O–H groups in total. The predicted molar refractivity (Wildman–Crippen MR) is 81.3 cm³/mol. The molecule has 2 aromatic carbocycles. The van der Waals surface area contributed by atoms with E-state index in [9.17, 15) is 0 Å². The summed E-state index contributed by atoms with van der Waals surface area (Å²) < 4.78 is 5.17. The van der Waals surface area contributed by atoms with E-state index in [0.29, 0.717) is 5.82 Å². The van der Waals surface area contributed by atoms with Gasteiger partial charge in [0.2, 0.25) is 5.82 Å². The first-order chi connectivity index (χ1) is 10.8. The lowest BCUT2D eigenvalue weighted by Crippen LogP contribution is -1.83. The number of tetrazole rings is 1. The molecule has 7 nitrogen and oxygen atoms in total. The number of aromatic amines is 2. The highest BCUT2D eigenvalue weighted by atomic mass is 16.5. The summed E-state index contributed by atoms with van der Waals surface area (Å²) in [5.74, 6) is 2.18. The van der Waals surface area contributed by atoms with Crippen LogP contribution < -0.4 is 4.74 Å². The number of aromatic nitrogens is 6. The third-order valence-corrected chi connectivity index (χ3v) is 3.45. The van der Waals surface area contributed by atoms with E-state index < -0.39 is 0 Å². The van der Waals surface area contributed by atoms with Gasteiger partial charge in [0.05, 0.1) is 18.1 Å². The average molecular weight is 292 g/mol. The molecule has 0 saturated heterocycles. The molecule has 0 aliphatic rings. The van der Waals surface area contributed by atoms with Crippen LogP contribution in [0.5, 0.6) is 5.75 Å². The van der Waals surface area contributed by atoms with Gasteiger partial charge in [-0.1, -0.05) is 0 Å². The molecule has 4 aromatic rings. The largest absolute Gasteiger partial charge is 0.497 e. The van der Waals surface area contributed by atoms with E-state index >= 15 is 0 Å². The molecule has 22 heavy (non-hydrogen) atoms. The van der Waals surface area contributed by atoms with Gasteiger partial charge < -0.3 is 9.72 Å². The number of imidazole rings is 1. The van der Waals surface area contributed by atoms with E-state index in [1.165, 1.54) is 0 Å². The second kappa shape index (κ2) is 4.96. The summed E-state index contributed by atoms with van der Waals surface area (Å²) in [5.41, 5.74) is 3.69. The van der Waals surface area contributed by atoms with Crippen molar-refractivity contribution in [3.8, 4) is 28.5 Å². The molecule has 0 radical (unpaired) electrons. The van der Waals surface area contributed by atoms with E-state index in [1.54, 1.807) is 7.11 Å². The monoisotopic (exact) mass is 292 g/mol. The van der Waals surface area contributed by atoms with Crippen LogP contribution in [-0.2, 0) is 0 Å². The number of fused-ring (bicyclic) bond motifs is 1. The van der Waals surface area contributed by atoms with Gasteiger partial charge in [-0.25, -0.2) is 4.98 Å². The molecule has 0 saturated carbocycles. The van der Waals surface area contributed by atoms with Crippen molar-refractivity contribution in [2.24, 2.45) is 0 Å². The number of ether oxygens (including phenoxy) is 1. The van der Waals surface area contributed by atoms with Crippen LogP contribution >= 0.6 is 0 Å². The quantitative estimate of drug-likeness (QED) is 0.605. The Hall–Kier alpha value is -3.22. The fourth-order valence-corrected chi connectivity index (χ4v) is 2.32. The SMILES string of the molecule is COc1ccc(-c2nc3ccc(-c4nn[nH]n4)cc3[nH]2)cc1. The van der Waals surface area contributed by atoms with E-state index in [0.717, 1.165) is 33.7 Å². The first-order valence-corrected chi connectivity index (χ1v) is 6.71. The molecule has 4 rings (SSSR count). The molecule has 108 valence electrons. The summed E-state index contributed by atoms with van der Waals surface area (Å²) in [6.45, 7) is 0. The van der Waals surface area contributed by atoms with Gasteiger partial charge in [-0.3, -0.25) is 0 Å². The summed E-state index contributed by atoms with van der Waals surface area (Å²) in [7, 11) is 1.65. The lowest BCUT2D eigenvalue weighted by molar-refractivity contribution is 0.415. The zero-order valence-electron chi connectivity index (χ0n) is 11.7. The number of nitrogens with one attached hydrogen (secondary N) is 2. The van der Waals surface area contributed by atoms with Crippen molar-refractivity contribution in [1.29, 1.82) is 0 Å². The summed E-state index contributed by atoms with van der Waals surface area (Å²) in [6.07, 6.45) is 0. The van der Waals surface area contributed by atoms with Crippen molar-refractivity contribution >= 4 is 11.0 Å². The van der Waals surface area contributed by atoms with Gasteiger partial charge in [0, 0.05) is 11.1 Å². The fourth-order valence-electron chi connectivity index (χ4n) is 2.32. The van der Waals surface area contributed by atoms with Crippen LogP contribution in [0.25, 0.3) is 33.8 Å². The second-order valence-electron chi connectivity index (χ2n) is 4.78. The molecule has 0 aliphatic heterocycles. The summed E-state index contributed by atoms with van der Waals surface area (Å²) >= 11 is 0. The minimum absolute atomic E-state index is 0.558. The van der Waals surface area contributed by atoms with Crippen LogP contribution in [0.2, 0.25) is 0 Å². The zero-order chi connectivity index (χ0) is 14.9. The summed E-state index contributed by atoms with van der Waals surface area (Å²) in [5, 5.41) is 14.0. The van der Waals surface area contributed by atoms with Gasteiger partial charge in [0.15, 0.2) is 0 Å². The van der Waals surface area contributed by atoms with Crippen molar-refractivity contribution in [3.63, 3.8) is 0 Å². The second-order valence-corrected chi connectivity index (χ2v) is 4.78. The number of nitrogens with zero attached hydrogens (tertiary/aromatic N) is 4. The Morgan fingerprint density at radius 1 is 1.00 bits per heavy atom. The Morgan fingerprint density at radius 2 is 1.82 bits per heavy atom. The van der Waals surface area contributed by atoms with Crippen molar-refractivity contribution in [1.82, 2.24) is 30.6 Å². The molecular formula is C15H12N6O. The number of methoxy groups -OCH3 is 1. The van der Waals surface area contributed by atoms with Crippen molar-refractivity contribution in [2.75, 3.05) is 7.11 Å². The molecule has 0 atom stereocenters. The Morgan fingerprint density at radius 3 is 2.55 bits per heavy atom. The average Bonchev–Trinajstić information content (AvgIpc) is 3.23. The van der Waals surface area contributed by atoms with E-state index in [-0.39, 0.29) is 0 Å². The first kappa shape index (κ1) is 12.5. The Labute approximate surface area is 125 Å². The fraction of sp³-hybridized carbons (Fsp3) is 0.0667. The molecule has 0 bridgehead atoms. The smallest absolute Gasteiger partial charge is 0.204 e. The maximum atomic E-state index is 5.17. The molecule has 2 aromatic heterocycles. The molecule has 7 heteroatoms. The van der Waals surface area contributed by atoms with Crippen LogP contribution in [0.15, 0.2) is 42.5 Å². The third-order valence-electron chi connectivity index (χ3n) is 3.45. The Balaban J connectivity index is 1.76. The first-order valence-electron chi connectivity index (χ1n) is 6.71. The number of H-pyrrole nitrogens is 2. The minimum atomic E-state index is 0.558. The highest BCUT2D eigenvalue weighted by molar-refractivity contribution is 5.83. The molecule has 2 heterocycles. The van der Waals surface area contributed by atoms with Gasteiger partial charge >= 0.3 is 0 Å². The van der Waals surface area contributed by atoms with Gasteiger partial charge in [0.25, 0.3) is 0 Å². The third kappa shape index (κ3) is 2.08. The topological polar surface area (TPSA) is 92.4 Å². The molecule has 0 fully saturated rings. The number of hydrogen-bond acceptors (Lipinski definition) is 5. The molecule has 0 aliphatic carbocycles. The Bertz CT molecular complexity index is 911. The van der Waals surface area contributed by atoms with Crippen LogP contribution in [0.4, 0.5) is 0 Å². The normalized spacial score (nSPS) is 11.0. The maximum absolute atomic E-state index is 5.17. The molecular weight excluding hydrogens is 280 g/mol. The summed E-state index contributed by atoms with van der Waals surface area (Å²) in [4.78, 5) is 7.91. The molecule has 0 amide bonds. The van der Waals surface area contributed by atoms with Gasteiger partial charge in [0.1, 0.15) is 11.6 Å². The summed E-state index contributed by atoms with van der Waals surface area (Å²) in [6, 6.07) is 13.6. The van der Waals surface area contributed by atoms with E-state index in [2.05, 4.69) is 30.6 Å². The highest BCUT2D eigenvalue weighted by Gasteiger charge is 2.09. The molecule has 0 spiro atoms. The van der Waals surface area contributed by atoms with Crippen LogP contribution in [0.3, 0.4) is 0 Å². The van der Waals surface area contributed by atoms with Gasteiger partial charge in [-0.05, 0) is 47.7 Å². The van der Waals surface area contributed by atoms with Gasteiger partial charge in [-0.2, -0.15) is 5.21 Å². The lowest BCUT2D eigenvalue weighted by atomic mass is 10.2. The molecule has 0 unspecified atom stereocenters. The minimum Gasteiger partial charge on any atom is -0.497 e. The highest BCUT2D eigenvalue weighted by Crippen LogP contribution is 2.25. The predicted octanol–water partition coefficient (Wildman–Crippen LogP) is 2.42. The van der Waals surface area contributed by atoms with Gasteiger partial charge in [-0.15, -0.1) is 10.2 Å². The van der Waals surface area contributed by atoms with Crippen LogP contribution in [0.1, 0.15) is 0 Å². The van der Waals surface area contributed by atoms with Crippen molar-refractivity contribution in [3.05, 3.63) is 42.5 Å². The lowest BCUT2D eigenvalue weighted by Gasteiger charge is -2.00. The number of benzene rings is 2. The van der Waals surface area contributed by atoms with Crippen LogP contribution in [-0.4, -0.2) is 37.7 Å². The maximum Gasteiger partial charge on any atom is 0.204 e. The van der Waals surface area contributed by atoms with E-state index in [1.807, 2.05) is 42.5 Å². The van der Waals surface area contributed by atoms with Crippen molar-refractivity contribution in [2.45, 2.75) is 0 Å². The van der Waals surface area contributed by atoms with Crippen molar-refractivity contribution < 1.29 is 4.74 Å². The number of hydrogen-bond donors (Lipinski definition) is 2.